The SMILES string of the molecule is CC[C@@H]1[C@@H]2CC(C(=O)[C@H](C(C)(C)C)NC(=O)O[C@@H]3CC4C[C@@H]4[C@H]3CCCCC(F)(F)c3nc4ccc(OC)cc4nc3O2)[C@@H]1C(=O)N[C@]1(C(=O)NS(=O)(=O)C2CC2)C[C@H]1C(F)F. The van der Waals surface area contributed by atoms with Crippen molar-refractivity contribution in [2.75, 3.05) is 7.11 Å². The highest BCUT2D eigenvalue weighted by Gasteiger charge is 2.67. The Hall–Kier alpha value is -4.29. The molecular formula is C43H55F4N5O9S. The van der Waals surface area contributed by atoms with Crippen molar-refractivity contribution in [3.63, 3.8) is 0 Å². The number of methoxy groups -OCH3 is 1. The summed E-state index contributed by atoms with van der Waals surface area (Å²) in [6.07, 6.45) is -3.67. The van der Waals surface area contributed by atoms with Gasteiger partial charge < -0.3 is 24.8 Å². The maximum atomic E-state index is 16.6. The van der Waals surface area contributed by atoms with E-state index in [1.807, 2.05) is 4.72 Å². The van der Waals surface area contributed by atoms with Gasteiger partial charge in [-0.15, -0.1) is 0 Å². The topological polar surface area (TPSA) is 192 Å². The first-order valence-electron chi connectivity index (χ1n) is 21.7. The molecule has 0 radical (unpaired) electrons. The molecule has 2 bridgehead atoms. The molecule has 62 heavy (non-hydrogen) atoms. The molecular weight excluding hydrogens is 839 g/mol. The number of rotatable bonds is 8. The number of nitrogens with one attached hydrogen (secondary N) is 3. The normalized spacial score (nSPS) is 34.6. The van der Waals surface area contributed by atoms with Crippen molar-refractivity contribution >= 4 is 44.7 Å². The van der Waals surface area contributed by atoms with Crippen molar-refractivity contribution in [1.29, 1.82) is 0 Å². The van der Waals surface area contributed by atoms with E-state index >= 15 is 13.6 Å². The number of hydrogen-bond donors (Lipinski definition) is 3. The van der Waals surface area contributed by atoms with Crippen molar-refractivity contribution in [1.82, 2.24) is 25.3 Å². The molecule has 2 aromatic rings. The molecule has 2 heterocycles. The number of amides is 3. The van der Waals surface area contributed by atoms with Crippen molar-refractivity contribution in [3.05, 3.63) is 23.9 Å². The zero-order valence-corrected chi connectivity index (χ0v) is 36.2. The van der Waals surface area contributed by atoms with E-state index in [1.54, 1.807) is 33.8 Å². The summed E-state index contributed by atoms with van der Waals surface area (Å²) < 4.78 is 107. The molecule has 5 aliphatic carbocycles. The Labute approximate surface area is 357 Å². The highest BCUT2D eigenvalue weighted by molar-refractivity contribution is 7.91. The molecule has 5 fully saturated rings. The molecule has 14 nitrogen and oxygen atoms in total. The van der Waals surface area contributed by atoms with Crippen LogP contribution in [0.1, 0.15) is 104 Å². The molecule has 2 unspecified atom stereocenters. The van der Waals surface area contributed by atoms with E-state index in [9.17, 15) is 31.6 Å². The van der Waals surface area contributed by atoms with Crippen LogP contribution in [-0.4, -0.2) is 84.7 Å². The number of aromatic nitrogens is 2. The Bertz CT molecular complexity index is 2240. The van der Waals surface area contributed by atoms with E-state index in [2.05, 4.69) is 20.6 Å². The predicted octanol–water partition coefficient (Wildman–Crippen LogP) is 6.20. The third-order valence-corrected chi connectivity index (χ3v) is 16.0. The van der Waals surface area contributed by atoms with Crippen molar-refractivity contribution in [2.24, 2.45) is 46.8 Å². The number of halogens is 4. The lowest BCUT2D eigenvalue weighted by atomic mass is 9.76. The number of alkyl halides is 4. The largest absolute Gasteiger partial charge is 0.497 e. The van der Waals surface area contributed by atoms with Gasteiger partial charge in [0, 0.05) is 24.3 Å². The van der Waals surface area contributed by atoms with Crippen LogP contribution in [-0.2, 0) is 35.1 Å². The molecule has 1 aliphatic heterocycles. The second-order valence-electron chi connectivity index (χ2n) is 19.4. The Morgan fingerprint density at radius 2 is 1.74 bits per heavy atom. The first kappa shape index (κ1) is 44.3. The third kappa shape index (κ3) is 8.42. The first-order valence-corrected chi connectivity index (χ1v) is 23.3. The van der Waals surface area contributed by atoms with E-state index in [0.29, 0.717) is 36.8 Å². The Morgan fingerprint density at radius 3 is 2.39 bits per heavy atom. The van der Waals surface area contributed by atoms with Crippen LogP contribution >= 0.6 is 0 Å². The van der Waals surface area contributed by atoms with Crippen LogP contribution in [0.5, 0.6) is 11.6 Å². The number of carbonyl (C=O) groups excluding carboxylic acids is 4. The minimum atomic E-state index is -4.21. The number of ketones is 1. The Kier molecular flexibility index (Phi) is 11.5. The van der Waals surface area contributed by atoms with Crippen LogP contribution in [0.2, 0.25) is 0 Å². The van der Waals surface area contributed by atoms with Gasteiger partial charge in [0.2, 0.25) is 28.2 Å². The number of carbonyl (C=O) groups is 4. The van der Waals surface area contributed by atoms with Crippen LogP contribution in [0.15, 0.2) is 18.2 Å². The lowest BCUT2D eigenvalue weighted by molar-refractivity contribution is -0.138. The molecule has 0 spiro atoms. The van der Waals surface area contributed by atoms with E-state index in [1.165, 1.54) is 19.2 Å². The molecule has 3 amide bonds. The summed E-state index contributed by atoms with van der Waals surface area (Å²) in [6.45, 7) is 6.83. The number of sulfonamides is 1. The minimum Gasteiger partial charge on any atom is -0.497 e. The highest BCUT2D eigenvalue weighted by Crippen LogP contribution is 2.58. The van der Waals surface area contributed by atoms with Crippen LogP contribution in [0.25, 0.3) is 11.0 Å². The van der Waals surface area contributed by atoms with Crippen molar-refractivity contribution in [2.45, 2.75) is 140 Å². The van der Waals surface area contributed by atoms with E-state index in [4.69, 9.17) is 14.2 Å². The number of Topliss-reactive ketones (excluding diaryl/α,β-unsaturated/α-hetero) is 1. The van der Waals surface area contributed by atoms with Crippen molar-refractivity contribution in [3.8, 4) is 11.6 Å². The van der Waals surface area contributed by atoms with E-state index < -0.39 is 129 Å². The fourth-order valence-electron chi connectivity index (χ4n) is 10.5. The van der Waals surface area contributed by atoms with Crippen molar-refractivity contribution < 1.29 is 59.4 Å². The molecule has 5 saturated carbocycles. The molecule has 6 aliphatic rings. The summed E-state index contributed by atoms with van der Waals surface area (Å²) >= 11 is 0. The van der Waals surface area contributed by atoms with Gasteiger partial charge in [0.25, 0.3) is 11.8 Å². The number of ether oxygens (including phenoxy) is 3. The Balaban J connectivity index is 1.20. The molecule has 11 atom stereocenters. The lowest BCUT2D eigenvalue weighted by Gasteiger charge is -2.34. The number of hydrogen-bond acceptors (Lipinski definition) is 11. The number of benzene rings is 1. The lowest BCUT2D eigenvalue weighted by Crippen LogP contribution is -2.57. The predicted molar refractivity (Wildman–Crippen MR) is 215 cm³/mol. The summed E-state index contributed by atoms with van der Waals surface area (Å²) in [6, 6.07) is 3.32. The number of fused-ring (bicyclic) bond motifs is 7. The fourth-order valence-corrected chi connectivity index (χ4v) is 11.8. The summed E-state index contributed by atoms with van der Waals surface area (Å²) in [5.74, 6) is -11.4. The zero-order valence-electron chi connectivity index (χ0n) is 35.4. The summed E-state index contributed by atoms with van der Waals surface area (Å²) in [5.41, 5.74) is -3.68. The van der Waals surface area contributed by atoms with Gasteiger partial charge in [0.15, 0.2) is 11.5 Å². The first-order chi connectivity index (χ1) is 29.2. The van der Waals surface area contributed by atoms with E-state index in [0.717, 1.165) is 6.42 Å². The fraction of sp³-hybridized carbons (Fsp3) is 0.721. The molecule has 3 N–H and O–H groups in total. The smallest absolute Gasteiger partial charge is 0.408 e. The van der Waals surface area contributed by atoms with Gasteiger partial charge in [-0.1, -0.05) is 34.1 Å². The number of alkyl carbamates (subject to hydrolysis) is 1. The van der Waals surface area contributed by atoms with Gasteiger partial charge in [0.1, 0.15) is 23.5 Å². The summed E-state index contributed by atoms with van der Waals surface area (Å²) in [7, 11) is -2.78. The van der Waals surface area contributed by atoms with Gasteiger partial charge in [-0.05, 0) is 93.1 Å². The molecule has 1 aromatic heterocycles. The van der Waals surface area contributed by atoms with Crippen LogP contribution in [0, 0.1) is 46.8 Å². The molecule has 1 aromatic carbocycles. The van der Waals surface area contributed by atoms with Gasteiger partial charge >= 0.3 is 6.09 Å². The number of nitrogens with zero attached hydrogens (tertiary/aromatic N) is 2. The quantitative estimate of drug-likeness (QED) is 0.256. The van der Waals surface area contributed by atoms with Gasteiger partial charge in [-0.3, -0.25) is 19.1 Å². The van der Waals surface area contributed by atoms with E-state index in [-0.39, 0.29) is 49.1 Å². The second-order valence-corrected chi connectivity index (χ2v) is 21.4. The molecule has 340 valence electrons. The molecule has 8 rings (SSSR count). The van der Waals surface area contributed by atoms with Gasteiger partial charge in [-0.25, -0.2) is 32.0 Å². The Morgan fingerprint density at radius 1 is 1.00 bits per heavy atom. The summed E-state index contributed by atoms with van der Waals surface area (Å²) in [5, 5.41) is 4.37. The third-order valence-electron chi connectivity index (χ3n) is 14.2. The minimum absolute atomic E-state index is 0.0476. The van der Waals surface area contributed by atoms with Crippen LogP contribution < -0.4 is 24.8 Å². The maximum absolute atomic E-state index is 16.6. The van der Waals surface area contributed by atoms with Crippen LogP contribution in [0.3, 0.4) is 0 Å². The summed E-state index contributed by atoms with van der Waals surface area (Å²) in [4.78, 5) is 66.1. The van der Waals surface area contributed by atoms with Crippen LogP contribution in [0.4, 0.5) is 22.4 Å². The zero-order chi connectivity index (χ0) is 44.7. The molecule has 19 heteroatoms. The maximum Gasteiger partial charge on any atom is 0.408 e. The average molecular weight is 894 g/mol. The van der Waals surface area contributed by atoms with Gasteiger partial charge in [0.05, 0.1) is 41.3 Å². The second kappa shape index (κ2) is 16.1. The monoisotopic (exact) mass is 893 g/mol. The standard InChI is InChI=1S/C43H55F4N5O9S/c1-6-23-31-18-26(32(23)37(54)51-42(19-27(42)36(44)45)39(55)52-62(57,58)22-11-12-22)33(53)34(41(2,3)4)50-40(56)61-30-16-20-15-25(20)24(30)9-7-8-14-43(46,47)35-38(60-31)49-29-17-21(59-5)10-13-28(29)48-35/h10,13,17,20,22-27,30-32,34,36H,6-9,11-12,14-16,18-19H2,1-5H3,(H,50,56)(H,51,54)(H,52,55)/t20?,23-,24-,25+,26?,27+,30-,31+,32-,34-,42-/m1/s1. The highest BCUT2D eigenvalue weighted by atomic mass is 32.2. The molecule has 0 saturated heterocycles. The van der Waals surface area contributed by atoms with Gasteiger partial charge in [-0.2, -0.15) is 8.78 Å². The average Bonchev–Trinajstić information content (AvgIpc) is 4.13.